The lowest BCUT2D eigenvalue weighted by atomic mass is 9.77. The Bertz CT molecular complexity index is 1080. The first kappa shape index (κ1) is 21.7. The van der Waals surface area contributed by atoms with Gasteiger partial charge in [0.1, 0.15) is 16.5 Å². The number of hydrogen-bond donors (Lipinski definition) is 2. The standard InChI is InChI=1S/C23H29ClN6O2S/c24-16-11-25-19(26-12-16)15-3-1-9-30(10-4-15)21-27-18-17(33(32)14-22(18)7-8-22)20(28-21)29-23(13-31)5-2-6-23/h11-12,15,31H,1-10,13-14H2,(H,27,28,29)/t15?,33-/m1/s1. The number of fused-ring (bicyclic) bond motifs is 2. The largest absolute Gasteiger partial charge is 0.394 e. The molecule has 3 fully saturated rings. The minimum absolute atomic E-state index is 0.0359. The van der Waals surface area contributed by atoms with Gasteiger partial charge in [-0.05, 0) is 51.4 Å². The molecule has 2 N–H and O–H groups in total. The highest BCUT2D eigenvalue weighted by molar-refractivity contribution is 7.85. The van der Waals surface area contributed by atoms with Crippen molar-refractivity contribution in [3.8, 4) is 0 Å². The summed E-state index contributed by atoms with van der Waals surface area (Å²) in [6.45, 7) is 1.74. The predicted molar refractivity (Wildman–Crippen MR) is 127 cm³/mol. The maximum Gasteiger partial charge on any atom is 0.227 e. The molecule has 2 atom stereocenters. The Morgan fingerprint density at radius 3 is 2.58 bits per heavy atom. The van der Waals surface area contributed by atoms with E-state index in [0.717, 1.165) is 80.9 Å². The molecule has 2 aromatic heterocycles. The van der Waals surface area contributed by atoms with E-state index in [-0.39, 0.29) is 23.5 Å². The summed E-state index contributed by atoms with van der Waals surface area (Å²) in [4.78, 5) is 21.9. The molecule has 2 saturated carbocycles. The number of rotatable bonds is 5. The third kappa shape index (κ3) is 3.82. The summed E-state index contributed by atoms with van der Waals surface area (Å²) in [6.07, 6.45) is 11.2. The van der Waals surface area contributed by atoms with Crippen LogP contribution < -0.4 is 10.2 Å². The number of aliphatic hydroxyl groups is 1. The van der Waals surface area contributed by atoms with E-state index in [1.54, 1.807) is 12.4 Å². The van der Waals surface area contributed by atoms with E-state index in [1.165, 1.54) is 0 Å². The Morgan fingerprint density at radius 1 is 1.12 bits per heavy atom. The number of aliphatic hydroxyl groups excluding tert-OH is 1. The maximum atomic E-state index is 13.1. The van der Waals surface area contributed by atoms with Crippen LogP contribution in [-0.4, -0.2) is 60.2 Å². The van der Waals surface area contributed by atoms with E-state index in [4.69, 9.17) is 21.6 Å². The van der Waals surface area contributed by atoms with Gasteiger partial charge in [-0.15, -0.1) is 0 Å². The van der Waals surface area contributed by atoms with E-state index in [1.807, 2.05) is 0 Å². The van der Waals surface area contributed by atoms with Crippen LogP contribution in [0.1, 0.15) is 68.8 Å². The second-order valence-corrected chi connectivity index (χ2v) is 11.9. The molecule has 0 bridgehead atoms. The average Bonchev–Trinajstić information content (AvgIpc) is 3.55. The fourth-order valence-corrected chi connectivity index (χ4v) is 7.39. The van der Waals surface area contributed by atoms with Gasteiger partial charge in [-0.3, -0.25) is 4.21 Å². The molecular weight excluding hydrogens is 460 g/mol. The molecule has 10 heteroatoms. The number of nitrogens with zero attached hydrogens (tertiary/aromatic N) is 5. The van der Waals surface area contributed by atoms with Crippen molar-refractivity contribution in [2.24, 2.45) is 0 Å². The number of aromatic nitrogens is 4. The van der Waals surface area contributed by atoms with Gasteiger partial charge >= 0.3 is 0 Å². The molecule has 1 spiro atoms. The summed E-state index contributed by atoms with van der Waals surface area (Å²) in [5, 5.41) is 14.1. The van der Waals surface area contributed by atoms with Gasteiger partial charge in [0, 0.05) is 42.6 Å². The Balaban J connectivity index is 1.30. The molecule has 8 nitrogen and oxygen atoms in total. The summed E-state index contributed by atoms with van der Waals surface area (Å²) in [5.74, 6) is 3.17. The SMILES string of the molecule is O=[S@@]1CC2(CC2)c2nc(N3CCCC(c4ncc(Cl)cn4)CC3)nc(NC3(CO)CCC3)c21. The van der Waals surface area contributed by atoms with Gasteiger partial charge in [-0.2, -0.15) is 4.98 Å². The molecule has 1 unspecified atom stereocenters. The highest BCUT2D eigenvalue weighted by Crippen LogP contribution is 2.56. The quantitative estimate of drug-likeness (QED) is 0.661. The van der Waals surface area contributed by atoms with Crippen molar-refractivity contribution in [2.45, 2.75) is 73.1 Å². The normalized spacial score (nSPS) is 27.0. The van der Waals surface area contributed by atoms with E-state index >= 15 is 0 Å². The average molecular weight is 489 g/mol. The van der Waals surface area contributed by atoms with E-state index in [0.29, 0.717) is 22.5 Å². The van der Waals surface area contributed by atoms with Crippen molar-refractivity contribution in [3.63, 3.8) is 0 Å². The van der Waals surface area contributed by atoms with Crippen LogP contribution in [0.25, 0.3) is 0 Å². The van der Waals surface area contributed by atoms with Crippen molar-refractivity contribution in [1.29, 1.82) is 0 Å². The van der Waals surface area contributed by atoms with Gasteiger partial charge in [-0.25, -0.2) is 15.0 Å². The second-order valence-electron chi connectivity index (χ2n) is 10.1. The molecule has 33 heavy (non-hydrogen) atoms. The van der Waals surface area contributed by atoms with Crippen LogP contribution in [0.15, 0.2) is 17.3 Å². The lowest BCUT2D eigenvalue weighted by Crippen LogP contribution is -2.48. The molecule has 2 aromatic rings. The minimum Gasteiger partial charge on any atom is -0.394 e. The molecule has 0 aromatic carbocycles. The summed E-state index contributed by atoms with van der Waals surface area (Å²) < 4.78 is 13.1. The summed E-state index contributed by atoms with van der Waals surface area (Å²) in [7, 11) is -1.10. The van der Waals surface area contributed by atoms with Crippen LogP contribution in [0.3, 0.4) is 0 Å². The predicted octanol–water partition coefficient (Wildman–Crippen LogP) is 3.17. The Hall–Kier alpha value is -1.84. The highest BCUT2D eigenvalue weighted by atomic mass is 35.5. The number of hydrogen-bond acceptors (Lipinski definition) is 8. The molecule has 0 radical (unpaired) electrons. The van der Waals surface area contributed by atoms with Crippen LogP contribution in [0.2, 0.25) is 5.02 Å². The first-order chi connectivity index (χ1) is 16.0. The minimum atomic E-state index is -1.10. The van der Waals surface area contributed by atoms with E-state index < -0.39 is 10.8 Å². The fraction of sp³-hybridized carbons (Fsp3) is 0.652. The van der Waals surface area contributed by atoms with Crippen LogP contribution >= 0.6 is 11.6 Å². The molecule has 6 rings (SSSR count). The van der Waals surface area contributed by atoms with Crippen molar-refractivity contribution in [1.82, 2.24) is 19.9 Å². The topological polar surface area (TPSA) is 104 Å². The Kier molecular flexibility index (Phi) is 5.34. The first-order valence-corrected chi connectivity index (χ1v) is 13.6. The van der Waals surface area contributed by atoms with Crippen molar-refractivity contribution in [2.75, 3.05) is 35.7 Å². The maximum absolute atomic E-state index is 13.1. The molecule has 4 heterocycles. The van der Waals surface area contributed by atoms with Gasteiger partial charge in [0.15, 0.2) is 0 Å². The first-order valence-electron chi connectivity index (χ1n) is 11.9. The molecule has 0 amide bonds. The Labute approximate surface area is 201 Å². The highest BCUT2D eigenvalue weighted by Gasteiger charge is 2.55. The molecule has 2 aliphatic heterocycles. The lowest BCUT2D eigenvalue weighted by Gasteiger charge is -2.41. The van der Waals surface area contributed by atoms with Gasteiger partial charge in [0.25, 0.3) is 0 Å². The van der Waals surface area contributed by atoms with Crippen LogP contribution in [0.4, 0.5) is 11.8 Å². The molecule has 4 aliphatic rings. The fourth-order valence-electron chi connectivity index (χ4n) is 5.43. The summed E-state index contributed by atoms with van der Waals surface area (Å²) in [5.41, 5.74) is 0.590. The van der Waals surface area contributed by atoms with Crippen LogP contribution in [0.5, 0.6) is 0 Å². The van der Waals surface area contributed by atoms with Crippen molar-refractivity contribution >= 4 is 34.2 Å². The molecule has 2 aliphatic carbocycles. The smallest absolute Gasteiger partial charge is 0.227 e. The lowest BCUT2D eigenvalue weighted by molar-refractivity contribution is 0.143. The zero-order valence-corrected chi connectivity index (χ0v) is 20.2. The van der Waals surface area contributed by atoms with Gasteiger partial charge in [0.2, 0.25) is 5.95 Å². The molecule has 176 valence electrons. The number of halogens is 1. The van der Waals surface area contributed by atoms with E-state index in [2.05, 4.69) is 20.2 Å². The zero-order valence-electron chi connectivity index (χ0n) is 18.6. The number of nitrogens with one attached hydrogen (secondary N) is 1. The van der Waals surface area contributed by atoms with Crippen molar-refractivity contribution < 1.29 is 9.32 Å². The van der Waals surface area contributed by atoms with Crippen LogP contribution in [-0.2, 0) is 16.2 Å². The molecular formula is C23H29ClN6O2S. The number of anilines is 2. The second kappa shape index (κ2) is 8.13. The zero-order chi connectivity index (χ0) is 22.6. The van der Waals surface area contributed by atoms with Gasteiger partial charge in [0.05, 0.1) is 33.7 Å². The third-order valence-corrected chi connectivity index (χ3v) is 9.71. The summed E-state index contributed by atoms with van der Waals surface area (Å²) >= 11 is 5.96. The van der Waals surface area contributed by atoms with Gasteiger partial charge in [-0.1, -0.05) is 11.6 Å². The third-order valence-electron chi connectivity index (χ3n) is 7.86. The van der Waals surface area contributed by atoms with Crippen LogP contribution in [0, 0.1) is 0 Å². The van der Waals surface area contributed by atoms with Crippen molar-refractivity contribution in [3.05, 3.63) is 28.9 Å². The molecule has 1 saturated heterocycles. The monoisotopic (exact) mass is 488 g/mol. The van der Waals surface area contributed by atoms with Gasteiger partial charge < -0.3 is 15.3 Å². The van der Waals surface area contributed by atoms with E-state index in [9.17, 15) is 9.32 Å². The Morgan fingerprint density at radius 2 is 1.91 bits per heavy atom. The summed E-state index contributed by atoms with van der Waals surface area (Å²) in [6, 6.07) is 0.